The van der Waals surface area contributed by atoms with E-state index in [0.717, 1.165) is 11.3 Å². The predicted molar refractivity (Wildman–Crippen MR) is 70.2 cm³/mol. The monoisotopic (exact) mass is 258 g/mol. The van der Waals surface area contributed by atoms with Gasteiger partial charge in [0.15, 0.2) is 5.11 Å². The lowest BCUT2D eigenvalue weighted by Gasteiger charge is -2.03. The van der Waals surface area contributed by atoms with E-state index in [4.69, 9.17) is 12.2 Å². The number of para-hydroxylation sites is 1. The number of benzene rings is 1. The third-order valence-electron chi connectivity index (χ3n) is 2.73. The summed E-state index contributed by atoms with van der Waals surface area (Å²) in [6.07, 6.45) is 3.48. The molecule has 90 valence electrons. The molecule has 0 radical (unpaired) electrons. The Morgan fingerprint density at radius 2 is 2.06 bits per heavy atom. The van der Waals surface area contributed by atoms with Crippen molar-refractivity contribution in [3.63, 3.8) is 0 Å². The van der Waals surface area contributed by atoms with Gasteiger partial charge in [-0.1, -0.05) is 18.2 Å². The zero-order valence-corrected chi connectivity index (χ0v) is 10.1. The summed E-state index contributed by atoms with van der Waals surface area (Å²) in [5, 5.41) is 10.1. The molecule has 1 aliphatic rings. The van der Waals surface area contributed by atoms with E-state index in [1.165, 1.54) is 0 Å². The fourth-order valence-corrected chi connectivity index (χ4v) is 2.08. The number of carbonyl (C=O) groups excluding carboxylic acids is 1. The Balaban J connectivity index is 1.91. The van der Waals surface area contributed by atoms with E-state index in [0.29, 0.717) is 5.11 Å². The number of hydrogen-bond acceptors (Lipinski definition) is 3. The molecule has 18 heavy (non-hydrogen) atoms. The molecule has 1 aliphatic heterocycles. The second-order valence-corrected chi connectivity index (χ2v) is 4.36. The first kappa shape index (κ1) is 10.9. The lowest BCUT2D eigenvalue weighted by atomic mass is 10.2. The van der Waals surface area contributed by atoms with Gasteiger partial charge in [-0.05, 0) is 24.4 Å². The van der Waals surface area contributed by atoms with Crippen LogP contribution in [0.3, 0.4) is 0 Å². The molecule has 1 amide bonds. The number of thiocarbonyl (C=S) groups is 1. The Labute approximate surface area is 109 Å². The highest BCUT2D eigenvalue weighted by Gasteiger charge is 2.29. The molecule has 1 fully saturated rings. The van der Waals surface area contributed by atoms with E-state index >= 15 is 0 Å². The first-order chi connectivity index (χ1) is 8.74. The van der Waals surface area contributed by atoms with Gasteiger partial charge in [-0.3, -0.25) is 4.79 Å². The van der Waals surface area contributed by atoms with Crippen molar-refractivity contribution in [2.24, 2.45) is 0 Å². The van der Waals surface area contributed by atoms with Crippen molar-refractivity contribution in [2.75, 3.05) is 0 Å². The summed E-state index contributed by atoms with van der Waals surface area (Å²) in [6.45, 7) is 0. The van der Waals surface area contributed by atoms with Crippen molar-refractivity contribution >= 4 is 23.2 Å². The summed E-state index contributed by atoms with van der Waals surface area (Å²) in [7, 11) is 0. The highest BCUT2D eigenvalue weighted by atomic mass is 32.1. The van der Waals surface area contributed by atoms with Gasteiger partial charge in [-0.25, -0.2) is 4.68 Å². The smallest absolute Gasteiger partial charge is 0.253 e. The molecule has 1 saturated heterocycles. The molecule has 1 atom stereocenters. The number of rotatable bonds is 2. The van der Waals surface area contributed by atoms with E-state index in [1.54, 1.807) is 10.9 Å². The molecule has 2 heterocycles. The highest BCUT2D eigenvalue weighted by molar-refractivity contribution is 7.80. The van der Waals surface area contributed by atoms with Gasteiger partial charge in [-0.2, -0.15) is 5.10 Å². The maximum Gasteiger partial charge on any atom is 0.253 e. The van der Waals surface area contributed by atoms with Gasteiger partial charge in [-0.15, -0.1) is 0 Å². The second-order valence-electron chi connectivity index (χ2n) is 3.95. The van der Waals surface area contributed by atoms with Crippen LogP contribution in [0.4, 0.5) is 0 Å². The summed E-state index contributed by atoms with van der Waals surface area (Å²) in [5.41, 5.74) is 1.74. The minimum atomic E-state index is -0.449. The van der Waals surface area contributed by atoms with E-state index in [9.17, 15) is 4.79 Å². The summed E-state index contributed by atoms with van der Waals surface area (Å²) in [5.74, 6) is -0.146. The maximum atomic E-state index is 11.6. The molecule has 3 rings (SSSR count). The van der Waals surface area contributed by atoms with Gasteiger partial charge in [0, 0.05) is 11.8 Å². The summed E-state index contributed by atoms with van der Waals surface area (Å²) < 4.78 is 1.73. The van der Waals surface area contributed by atoms with Crippen LogP contribution in [0, 0.1) is 0 Å². The minimum Gasteiger partial charge on any atom is -0.347 e. The van der Waals surface area contributed by atoms with Crippen molar-refractivity contribution in [2.45, 2.75) is 6.04 Å². The van der Waals surface area contributed by atoms with Crippen LogP contribution in [0.5, 0.6) is 0 Å². The third-order valence-corrected chi connectivity index (χ3v) is 2.95. The van der Waals surface area contributed by atoms with Crippen molar-refractivity contribution < 1.29 is 4.79 Å². The first-order valence-electron chi connectivity index (χ1n) is 5.45. The molecule has 2 aromatic rings. The van der Waals surface area contributed by atoms with E-state index in [2.05, 4.69) is 15.7 Å². The zero-order valence-electron chi connectivity index (χ0n) is 9.33. The number of carbonyl (C=O) groups is 1. The number of amides is 1. The van der Waals surface area contributed by atoms with Crippen LogP contribution >= 0.6 is 12.2 Å². The minimum absolute atomic E-state index is 0.146. The van der Waals surface area contributed by atoms with Gasteiger partial charge < -0.3 is 10.6 Å². The van der Waals surface area contributed by atoms with E-state index < -0.39 is 6.04 Å². The van der Waals surface area contributed by atoms with Gasteiger partial charge in [0.25, 0.3) is 5.91 Å². The van der Waals surface area contributed by atoms with Crippen LogP contribution in [-0.2, 0) is 4.79 Å². The zero-order chi connectivity index (χ0) is 12.5. The largest absolute Gasteiger partial charge is 0.347 e. The molecule has 2 N–H and O–H groups in total. The average Bonchev–Trinajstić information content (AvgIpc) is 2.97. The van der Waals surface area contributed by atoms with Crippen molar-refractivity contribution in [3.05, 3.63) is 48.3 Å². The average molecular weight is 258 g/mol. The third kappa shape index (κ3) is 1.86. The molecule has 0 spiro atoms. The molecule has 1 aromatic heterocycles. The van der Waals surface area contributed by atoms with Crippen molar-refractivity contribution in [3.8, 4) is 5.69 Å². The molecule has 1 aromatic carbocycles. The lowest BCUT2D eigenvalue weighted by Crippen LogP contribution is -2.21. The molecular formula is C12H10N4OS. The number of nitrogens with one attached hydrogen (secondary N) is 2. The van der Waals surface area contributed by atoms with Gasteiger partial charge >= 0.3 is 0 Å². The van der Waals surface area contributed by atoms with Crippen LogP contribution in [0.2, 0.25) is 0 Å². The number of nitrogens with zero attached hydrogens (tertiary/aromatic N) is 2. The summed E-state index contributed by atoms with van der Waals surface area (Å²) >= 11 is 4.90. The first-order valence-corrected chi connectivity index (χ1v) is 5.86. The molecule has 0 saturated carbocycles. The predicted octanol–water partition coefficient (Wildman–Crippen LogP) is 0.918. The van der Waals surface area contributed by atoms with Crippen LogP contribution in [0.25, 0.3) is 5.69 Å². The van der Waals surface area contributed by atoms with Crippen molar-refractivity contribution in [1.82, 2.24) is 20.4 Å². The van der Waals surface area contributed by atoms with Gasteiger partial charge in [0.2, 0.25) is 0 Å². The second kappa shape index (κ2) is 4.23. The number of hydrogen-bond donors (Lipinski definition) is 2. The molecular weight excluding hydrogens is 248 g/mol. The lowest BCUT2D eigenvalue weighted by molar-refractivity contribution is -0.120. The molecule has 5 nitrogen and oxygen atoms in total. The van der Waals surface area contributed by atoms with E-state index in [1.807, 2.05) is 36.5 Å². The van der Waals surface area contributed by atoms with Crippen LogP contribution in [-0.4, -0.2) is 20.8 Å². The molecule has 6 heteroatoms. The SMILES string of the molecule is O=C1NC(=S)NC1c1cnn(-c2ccccc2)c1. The number of aromatic nitrogens is 2. The standard InChI is InChI=1S/C12H10N4OS/c17-11-10(14-12(18)15-11)8-6-13-16(7-8)9-4-2-1-3-5-9/h1-7,10H,(H2,14,15,17,18). The fraction of sp³-hybridized carbons (Fsp3) is 0.0833. The Hall–Kier alpha value is -2.21. The fourth-order valence-electron chi connectivity index (χ4n) is 1.86. The maximum absolute atomic E-state index is 11.6. The van der Waals surface area contributed by atoms with Gasteiger partial charge in [0.05, 0.1) is 11.9 Å². The van der Waals surface area contributed by atoms with Crippen LogP contribution in [0.15, 0.2) is 42.7 Å². The Bertz CT molecular complexity index is 608. The quantitative estimate of drug-likeness (QED) is 0.786. The Morgan fingerprint density at radius 3 is 2.72 bits per heavy atom. The molecule has 1 unspecified atom stereocenters. The highest BCUT2D eigenvalue weighted by Crippen LogP contribution is 2.17. The summed E-state index contributed by atoms with van der Waals surface area (Å²) in [4.78, 5) is 11.6. The topological polar surface area (TPSA) is 59.0 Å². The van der Waals surface area contributed by atoms with Crippen LogP contribution in [0.1, 0.15) is 11.6 Å². The summed E-state index contributed by atoms with van der Waals surface area (Å²) in [6, 6.07) is 9.26. The Morgan fingerprint density at radius 1 is 1.28 bits per heavy atom. The van der Waals surface area contributed by atoms with E-state index in [-0.39, 0.29) is 5.91 Å². The normalized spacial score (nSPS) is 18.6. The van der Waals surface area contributed by atoms with Crippen LogP contribution < -0.4 is 10.6 Å². The molecule has 0 bridgehead atoms. The molecule has 0 aliphatic carbocycles. The Kier molecular flexibility index (Phi) is 2.56. The van der Waals surface area contributed by atoms with Gasteiger partial charge in [0.1, 0.15) is 6.04 Å². The van der Waals surface area contributed by atoms with Crippen molar-refractivity contribution in [1.29, 1.82) is 0 Å².